The van der Waals surface area contributed by atoms with Crippen molar-refractivity contribution in [3.8, 4) is 5.75 Å². The van der Waals surface area contributed by atoms with Crippen molar-refractivity contribution in [2.45, 2.75) is 72.7 Å². The van der Waals surface area contributed by atoms with Gasteiger partial charge in [0.25, 0.3) is 0 Å². The Morgan fingerprint density at radius 3 is 2.45 bits per heavy atom. The highest BCUT2D eigenvalue weighted by atomic mass is 16.5. The van der Waals surface area contributed by atoms with Crippen molar-refractivity contribution in [2.24, 2.45) is 23.7 Å². The maximum absolute atomic E-state index is 13.3. The van der Waals surface area contributed by atoms with E-state index in [2.05, 4.69) is 26.8 Å². The Morgan fingerprint density at radius 1 is 1.21 bits per heavy atom. The number of methoxy groups -OCH3 is 1. The molecular weight excluding hydrogens is 485 g/mol. The summed E-state index contributed by atoms with van der Waals surface area (Å²) >= 11 is 0. The van der Waals surface area contributed by atoms with Gasteiger partial charge in [0.2, 0.25) is 11.8 Å². The van der Waals surface area contributed by atoms with Crippen molar-refractivity contribution < 1.29 is 33.9 Å². The summed E-state index contributed by atoms with van der Waals surface area (Å²) in [7, 11) is 0.0922. The van der Waals surface area contributed by atoms with Crippen LogP contribution in [-0.2, 0) is 19.0 Å². The van der Waals surface area contributed by atoms with Crippen LogP contribution in [-0.4, -0.2) is 53.3 Å². The first-order valence-corrected chi connectivity index (χ1v) is 13.5. The number of imide groups is 3. The molecule has 0 saturated carbocycles. The van der Waals surface area contributed by atoms with Gasteiger partial charge in [-0.25, -0.2) is 4.79 Å². The number of rotatable bonds is 6. The van der Waals surface area contributed by atoms with Crippen LogP contribution in [0.1, 0.15) is 63.1 Å². The molecule has 0 radical (unpaired) electrons. The van der Waals surface area contributed by atoms with Crippen LogP contribution in [0, 0.1) is 37.5 Å². The quantitative estimate of drug-likeness (QED) is 0.313. The molecule has 2 aliphatic heterocycles. The molecule has 3 amide bonds. The largest absolute Gasteiger partial charge is 0.507 e. The van der Waals surface area contributed by atoms with Crippen LogP contribution < -0.4 is 0 Å². The zero-order chi connectivity index (χ0) is 27.9. The van der Waals surface area contributed by atoms with Crippen molar-refractivity contribution in [2.75, 3.05) is 7.11 Å². The number of carbonyl (C=O) groups is 3. The number of benzene rings is 1. The predicted molar refractivity (Wildman–Crippen MR) is 144 cm³/mol. The molecule has 0 aromatic heterocycles. The number of phenols is 1. The molecule has 0 bridgehead atoms. The van der Waals surface area contributed by atoms with Crippen LogP contribution in [0.3, 0.4) is 0 Å². The Kier molecular flexibility index (Phi) is 8.19. The molecule has 0 spiro atoms. The zero-order valence-electron chi connectivity index (χ0n) is 23.1. The molecule has 38 heavy (non-hydrogen) atoms. The first-order chi connectivity index (χ1) is 18.0. The summed E-state index contributed by atoms with van der Waals surface area (Å²) in [5.74, 6) is -2.34. The van der Waals surface area contributed by atoms with E-state index < -0.39 is 43.0 Å². The van der Waals surface area contributed by atoms with Gasteiger partial charge in [0, 0.05) is 0 Å². The molecule has 1 aromatic carbocycles. The van der Waals surface area contributed by atoms with Gasteiger partial charge in [0.15, 0.2) is 0 Å². The highest BCUT2D eigenvalue weighted by molar-refractivity contribution is 6.43. The molecule has 2 fully saturated rings. The fourth-order valence-corrected chi connectivity index (χ4v) is 6.50. The summed E-state index contributed by atoms with van der Waals surface area (Å²) in [6.07, 6.45) is 3.57. The molecular formula is C29H38BNO7. The number of fused-ring (bicyclic) bond motifs is 3. The van der Waals surface area contributed by atoms with Gasteiger partial charge in [-0.1, -0.05) is 38.0 Å². The zero-order valence-corrected chi connectivity index (χ0v) is 23.1. The van der Waals surface area contributed by atoms with E-state index in [1.165, 1.54) is 5.57 Å². The molecule has 3 aliphatic rings. The van der Waals surface area contributed by atoms with Crippen molar-refractivity contribution in [1.82, 2.24) is 4.90 Å². The average Bonchev–Trinajstić information content (AvgIpc) is 3.13. The molecule has 8 nitrogen and oxygen atoms in total. The summed E-state index contributed by atoms with van der Waals surface area (Å²) in [6, 6.07) is 3.93. The molecule has 1 aromatic rings. The van der Waals surface area contributed by atoms with E-state index in [4.69, 9.17) is 9.39 Å². The third-order valence-corrected chi connectivity index (χ3v) is 8.36. The number of aryl methyl sites for hydroxylation is 2. The Bertz CT molecular complexity index is 1180. The summed E-state index contributed by atoms with van der Waals surface area (Å²) in [6.45, 7) is 9.99. The van der Waals surface area contributed by atoms with Crippen molar-refractivity contribution >= 4 is 31.1 Å². The van der Waals surface area contributed by atoms with E-state index in [9.17, 15) is 24.5 Å². The summed E-state index contributed by atoms with van der Waals surface area (Å²) < 4.78 is 10.8. The summed E-state index contributed by atoms with van der Waals surface area (Å²) in [5.41, 5.74) is 5.97. The van der Waals surface area contributed by atoms with Gasteiger partial charge in [0.05, 0.1) is 25.0 Å². The fraction of sp³-hybridized carbons (Fsp3) is 0.552. The molecule has 204 valence electrons. The number of aromatic hydroxyl groups is 1. The van der Waals surface area contributed by atoms with Crippen LogP contribution in [0.2, 0.25) is 6.32 Å². The second kappa shape index (κ2) is 11.1. The van der Waals surface area contributed by atoms with E-state index in [-0.39, 0.29) is 18.2 Å². The number of ether oxygens (including phenoxy) is 1. The smallest absolute Gasteiger partial charge is 0.455 e. The number of hydrogen-bond acceptors (Lipinski definition) is 7. The number of nitrogens with zero attached hydrogens (tertiary/aromatic N) is 1. The molecule has 1 aliphatic carbocycles. The van der Waals surface area contributed by atoms with E-state index in [0.717, 1.165) is 47.8 Å². The minimum atomic E-state index is -1.06. The number of likely N-dealkylation sites (tertiary alicyclic amines) is 1. The lowest BCUT2D eigenvalue weighted by Crippen LogP contribution is -2.46. The summed E-state index contributed by atoms with van der Waals surface area (Å²) in [4.78, 5) is 39.3. The van der Waals surface area contributed by atoms with E-state index in [1.54, 1.807) is 0 Å². The van der Waals surface area contributed by atoms with E-state index >= 15 is 0 Å². The average molecular weight is 523 g/mol. The number of phenolic OH excluding ortho intramolecular Hbond substituents is 1. The predicted octanol–water partition coefficient (Wildman–Crippen LogP) is 4.80. The highest BCUT2D eigenvalue weighted by Crippen LogP contribution is 2.52. The van der Waals surface area contributed by atoms with E-state index in [1.807, 2.05) is 26.0 Å². The van der Waals surface area contributed by atoms with Gasteiger partial charge in [-0.05, 0) is 92.1 Å². The van der Waals surface area contributed by atoms with Gasteiger partial charge in [-0.2, -0.15) is 4.90 Å². The second-order valence-electron chi connectivity index (χ2n) is 11.1. The van der Waals surface area contributed by atoms with Gasteiger partial charge >= 0.3 is 13.2 Å². The van der Waals surface area contributed by atoms with Crippen LogP contribution in [0.4, 0.5) is 4.79 Å². The molecule has 2 saturated heterocycles. The van der Waals surface area contributed by atoms with Crippen LogP contribution in [0.25, 0.3) is 6.08 Å². The number of carbonyl (C=O) groups excluding carboxylic acids is 3. The van der Waals surface area contributed by atoms with Crippen LogP contribution >= 0.6 is 0 Å². The molecule has 2 N–H and O–H groups in total. The Balaban J connectivity index is 1.64. The van der Waals surface area contributed by atoms with Crippen LogP contribution in [0.5, 0.6) is 5.75 Å². The third kappa shape index (κ3) is 5.06. The summed E-state index contributed by atoms with van der Waals surface area (Å²) in [5, 5.41) is 20.8. The van der Waals surface area contributed by atoms with Crippen molar-refractivity contribution in [3.05, 3.63) is 45.5 Å². The minimum absolute atomic E-state index is 0.119. The first-order valence-electron chi connectivity index (χ1n) is 13.5. The Labute approximate surface area is 224 Å². The Morgan fingerprint density at radius 2 is 1.87 bits per heavy atom. The molecule has 0 unspecified atom stereocenters. The molecule has 4 atom stereocenters. The van der Waals surface area contributed by atoms with Gasteiger partial charge in [-0.15, -0.1) is 0 Å². The van der Waals surface area contributed by atoms with Gasteiger partial charge in [0.1, 0.15) is 5.75 Å². The van der Waals surface area contributed by atoms with E-state index in [0.29, 0.717) is 23.5 Å². The maximum Gasteiger partial charge on any atom is 0.455 e. The van der Waals surface area contributed by atoms with Crippen LogP contribution in [0.15, 0.2) is 28.9 Å². The molecule has 4 rings (SSSR count). The number of amides is 3. The lowest BCUT2D eigenvalue weighted by atomic mass is 9.57. The number of allylic oxidation sites excluding steroid dienone is 2. The lowest BCUT2D eigenvalue weighted by Gasteiger charge is -2.44. The SMILES string of the molecule is CC/C(=C\c1cc(C)c(O)c(C)c1)CC[C@H]1OB(O)C[C@H]2C1=C(C(C)C)C[C@H]1C(=O)N(C(=O)OC)C(=O)[C@H]12. The topological polar surface area (TPSA) is 113 Å². The number of hydrogen-bond donors (Lipinski definition) is 2. The van der Waals surface area contributed by atoms with Gasteiger partial charge < -0.3 is 19.5 Å². The normalized spacial score (nSPS) is 25.7. The monoisotopic (exact) mass is 523 g/mol. The second-order valence-corrected chi connectivity index (χ2v) is 11.1. The van der Waals surface area contributed by atoms with Gasteiger partial charge in [-0.3, -0.25) is 9.59 Å². The third-order valence-electron chi connectivity index (χ3n) is 8.36. The highest BCUT2D eigenvalue weighted by Gasteiger charge is 2.59. The lowest BCUT2D eigenvalue weighted by molar-refractivity contribution is -0.137. The minimum Gasteiger partial charge on any atom is -0.507 e. The maximum atomic E-state index is 13.3. The molecule has 9 heteroatoms. The Hall–Kier alpha value is -2.91. The van der Waals surface area contributed by atoms with Crippen molar-refractivity contribution in [1.29, 1.82) is 0 Å². The standard InChI is InChI=1S/C29H38BNO7/c1-7-18(12-19-10-16(4)26(32)17(5)11-19)8-9-23-24-20(15(2)3)13-21-25(22(24)14-30(36)38-23)28(34)31(27(21)33)29(35)37-6/h10-12,15,21-23,25,32,36H,7-9,13-14H2,1-6H3/b18-12+/t21-,22+,23-,25-/m1/s1. The first kappa shape index (κ1) is 28.1. The van der Waals surface area contributed by atoms with Crippen molar-refractivity contribution in [3.63, 3.8) is 0 Å². The fourth-order valence-electron chi connectivity index (χ4n) is 6.50. The molecule has 2 heterocycles.